The number of hydrogen-bond acceptors (Lipinski definition) is 4. The molecule has 136 valence electrons. The second kappa shape index (κ2) is 6.86. The van der Waals surface area contributed by atoms with E-state index < -0.39 is 0 Å². The normalized spacial score (nSPS) is 15.4. The SMILES string of the molecule is COc1cccc(-n2nc(C)cc2N2CCC(c3nc[nH]c3C)CC2)c1. The number of benzene rings is 1. The third-order valence-electron chi connectivity index (χ3n) is 5.19. The highest BCUT2D eigenvalue weighted by atomic mass is 16.5. The molecule has 1 N–H and O–H groups in total. The Bertz CT molecular complexity index is 889. The molecule has 3 heterocycles. The van der Waals surface area contributed by atoms with Gasteiger partial charge in [0, 0.05) is 36.8 Å². The average molecular weight is 351 g/mol. The van der Waals surface area contributed by atoms with Gasteiger partial charge >= 0.3 is 0 Å². The number of anilines is 1. The third-order valence-corrected chi connectivity index (χ3v) is 5.19. The second-order valence-electron chi connectivity index (χ2n) is 6.93. The molecular weight excluding hydrogens is 326 g/mol. The number of methoxy groups -OCH3 is 1. The highest BCUT2D eigenvalue weighted by molar-refractivity contribution is 5.50. The van der Waals surface area contributed by atoms with E-state index in [4.69, 9.17) is 9.84 Å². The van der Waals surface area contributed by atoms with Gasteiger partial charge in [-0.1, -0.05) is 6.07 Å². The number of rotatable bonds is 4. The van der Waals surface area contributed by atoms with Crippen LogP contribution in [-0.4, -0.2) is 39.9 Å². The van der Waals surface area contributed by atoms with E-state index in [0.29, 0.717) is 5.92 Å². The molecule has 6 heteroatoms. The molecule has 2 aromatic heterocycles. The molecule has 0 saturated carbocycles. The van der Waals surface area contributed by atoms with Crippen LogP contribution < -0.4 is 9.64 Å². The summed E-state index contributed by atoms with van der Waals surface area (Å²) in [5.41, 5.74) is 4.47. The number of H-pyrrole nitrogens is 1. The summed E-state index contributed by atoms with van der Waals surface area (Å²) < 4.78 is 7.40. The summed E-state index contributed by atoms with van der Waals surface area (Å²) in [6.07, 6.45) is 4.01. The fourth-order valence-corrected chi connectivity index (χ4v) is 3.81. The van der Waals surface area contributed by atoms with E-state index in [9.17, 15) is 0 Å². The van der Waals surface area contributed by atoms with E-state index in [2.05, 4.69) is 33.9 Å². The molecule has 1 aliphatic rings. The number of aryl methyl sites for hydroxylation is 2. The van der Waals surface area contributed by atoms with Crippen LogP contribution in [0.1, 0.15) is 35.8 Å². The molecule has 1 aliphatic heterocycles. The number of ether oxygens (including phenoxy) is 1. The highest BCUT2D eigenvalue weighted by Crippen LogP contribution is 2.32. The van der Waals surface area contributed by atoms with Crippen molar-refractivity contribution in [2.75, 3.05) is 25.1 Å². The molecule has 0 unspecified atom stereocenters. The molecule has 3 aromatic rings. The van der Waals surface area contributed by atoms with Crippen molar-refractivity contribution in [3.8, 4) is 11.4 Å². The fourth-order valence-electron chi connectivity index (χ4n) is 3.81. The number of nitrogens with one attached hydrogen (secondary N) is 1. The molecule has 0 spiro atoms. The van der Waals surface area contributed by atoms with E-state index in [1.165, 1.54) is 11.4 Å². The minimum Gasteiger partial charge on any atom is -0.497 e. The quantitative estimate of drug-likeness (QED) is 0.780. The standard InChI is InChI=1S/C20H25N5O/c1-14-11-19(25(23-14)17-5-4-6-18(12-17)26-3)24-9-7-16(8-10-24)20-15(2)21-13-22-20/h4-6,11-13,16H,7-10H2,1-3H3,(H,21,22). The fraction of sp³-hybridized carbons (Fsp3) is 0.400. The van der Waals surface area contributed by atoms with Gasteiger partial charge in [0.1, 0.15) is 11.6 Å². The minimum atomic E-state index is 0.534. The van der Waals surface area contributed by atoms with Crippen LogP contribution in [0.5, 0.6) is 5.75 Å². The number of aromatic amines is 1. The average Bonchev–Trinajstić information content (AvgIpc) is 3.27. The third kappa shape index (κ3) is 3.07. The molecule has 0 amide bonds. The van der Waals surface area contributed by atoms with Gasteiger partial charge in [0.2, 0.25) is 0 Å². The van der Waals surface area contributed by atoms with Crippen molar-refractivity contribution in [3.63, 3.8) is 0 Å². The maximum absolute atomic E-state index is 5.37. The van der Waals surface area contributed by atoms with Gasteiger partial charge < -0.3 is 14.6 Å². The number of piperidine rings is 1. The summed E-state index contributed by atoms with van der Waals surface area (Å²) in [6.45, 7) is 6.16. The first kappa shape index (κ1) is 16.7. The predicted octanol–water partition coefficient (Wildman–Crippen LogP) is 3.60. The lowest BCUT2D eigenvalue weighted by Gasteiger charge is -2.33. The van der Waals surface area contributed by atoms with Crippen molar-refractivity contribution in [2.45, 2.75) is 32.6 Å². The van der Waals surface area contributed by atoms with Crippen LogP contribution in [0.2, 0.25) is 0 Å². The first-order valence-corrected chi connectivity index (χ1v) is 9.11. The first-order valence-electron chi connectivity index (χ1n) is 9.11. The van der Waals surface area contributed by atoms with Gasteiger partial charge in [-0.05, 0) is 38.8 Å². The van der Waals surface area contributed by atoms with Crippen LogP contribution in [0, 0.1) is 13.8 Å². The summed E-state index contributed by atoms with van der Waals surface area (Å²) in [5.74, 6) is 2.52. The molecule has 0 bridgehead atoms. The van der Waals surface area contributed by atoms with Crippen molar-refractivity contribution in [1.29, 1.82) is 0 Å². The van der Waals surface area contributed by atoms with Gasteiger partial charge in [-0.15, -0.1) is 0 Å². The van der Waals surface area contributed by atoms with Crippen LogP contribution in [0.4, 0.5) is 5.82 Å². The van der Waals surface area contributed by atoms with Gasteiger partial charge in [-0.3, -0.25) is 0 Å². The first-order chi connectivity index (χ1) is 12.7. The van der Waals surface area contributed by atoms with Crippen molar-refractivity contribution < 1.29 is 4.74 Å². The Morgan fingerprint density at radius 3 is 2.65 bits per heavy atom. The van der Waals surface area contributed by atoms with Crippen LogP contribution in [0.3, 0.4) is 0 Å². The molecule has 0 atom stereocenters. The van der Waals surface area contributed by atoms with Crippen LogP contribution in [-0.2, 0) is 0 Å². The predicted molar refractivity (Wildman–Crippen MR) is 102 cm³/mol. The maximum Gasteiger partial charge on any atom is 0.132 e. The maximum atomic E-state index is 5.37. The molecule has 1 saturated heterocycles. The van der Waals surface area contributed by atoms with E-state index in [1.54, 1.807) is 13.4 Å². The van der Waals surface area contributed by atoms with Crippen molar-refractivity contribution in [3.05, 3.63) is 53.7 Å². The van der Waals surface area contributed by atoms with E-state index in [0.717, 1.165) is 48.9 Å². The zero-order valence-corrected chi connectivity index (χ0v) is 15.6. The lowest BCUT2D eigenvalue weighted by molar-refractivity contribution is 0.414. The smallest absolute Gasteiger partial charge is 0.132 e. The van der Waals surface area contributed by atoms with Crippen molar-refractivity contribution in [1.82, 2.24) is 19.7 Å². The van der Waals surface area contributed by atoms with Crippen molar-refractivity contribution in [2.24, 2.45) is 0 Å². The summed E-state index contributed by atoms with van der Waals surface area (Å²) in [6, 6.07) is 10.2. The summed E-state index contributed by atoms with van der Waals surface area (Å²) >= 11 is 0. The van der Waals surface area contributed by atoms with E-state index >= 15 is 0 Å². The molecule has 0 aliphatic carbocycles. The largest absolute Gasteiger partial charge is 0.497 e. The van der Waals surface area contributed by atoms with Gasteiger partial charge in [0.15, 0.2) is 0 Å². The van der Waals surface area contributed by atoms with Gasteiger partial charge in [0.05, 0.1) is 30.5 Å². The highest BCUT2D eigenvalue weighted by Gasteiger charge is 2.25. The topological polar surface area (TPSA) is 59.0 Å². The Hall–Kier alpha value is -2.76. The number of imidazole rings is 1. The minimum absolute atomic E-state index is 0.534. The van der Waals surface area contributed by atoms with E-state index in [-0.39, 0.29) is 0 Å². The lowest BCUT2D eigenvalue weighted by atomic mass is 9.92. The second-order valence-corrected chi connectivity index (χ2v) is 6.93. The number of hydrogen-bond donors (Lipinski definition) is 1. The van der Waals surface area contributed by atoms with Gasteiger partial charge in [-0.2, -0.15) is 5.10 Å². The lowest BCUT2D eigenvalue weighted by Crippen LogP contribution is -2.34. The van der Waals surface area contributed by atoms with Gasteiger partial charge in [0.25, 0.3) is 0 Å². The Morgan fingerprint density at radius 2 is 1.96 bits per heavy atom. The van der Waals surface area contributed by atoms with Crippen LogP contribution in [0.15, 0.2) is 36.7 Å². The summed E-state index contributed by atoms with van der Waals surface area (Å²) in [7, 11) is 1.69. The zero-order valence-electron chi connectivity index (χ0n) is 15.6. The number of nitrogens with zero attached hydrogens (tertiary/aromatic N) is 4. The monoisotopic (exact) mass is 351 g/mol. The zero-order chi connectivity index (χ0) is 18.1. The Labute approximate surface area is 153 Å². The molecule has 26 heavy (non-hydrogen) atoms. The summed E-state index contributed by atoms with van der Waals surface area (Å²) in [5, 5.41) is 4.72. The van der Waals surface area contributed by atoms with E-state index in [1.807, 2.05) is 29.8 Å². The molecular formula is C20H25N5O. The molecule has 0 radical (unpaired) electrons. The molecule has 4 rings (SSSR count). The molecule has 6 nitrogen and oxygen atoms in total. The molecule has 1 fully saturated rings. The number of aromatic nitrogens is 4. The Morgan fingerprint density at radius 1 is 1.15 bits per heavy atom. The Kier molecular flexibility index (Phi) is 4.41. The Balaban J connectivity index is 1.57. The van der Waals surface area contributed by atoms with Crippen LogP contribution in [0.25, 0.3) is 5.69 Å². The molecule has 1 aromatic carbocycles. The van der Waals surface area contributed by atoms with Crippen molar-refractivity contribution >= 4 is 5.82 Å². The van der Waals surface area contributed by atoms with Gasteiger partial charge in [-0.25, -0.2) is 9.67 Å². The summed E-state index contributed by atoms with van der Waals surface area (Å²) in [4.78, 5) is 10.2. The van der Waals surface area contributed by atoms with Crippen LogP contribution >= 0.6 is 0 Å².